The van der Waals surface area contributed by atoms with Gasteiger partial charge >= 0.3 is 0 Å². The highest BCUT2D eigenvalue weighted by Crippen LogP contribution is 2.34. The summed E-state index contributed by atoms with van der Waals surface area (Å²) in [4.78, 5) is 60.3. The van der Waals surface area contributed by atoms with Crippen molar-refractivity contribution >= 4 is 28.6 Å². The molecule has 0 radical (unpaired) electrons. The summed E-state index contributed by atoms with van der Waals surface area (Å²) >= 11 is 0. The van der Waals surface area contributed by atoms with Crippen molar-refractivity contribution in [1.29, 1.82) is 0 Å². The fourth-order valence-corrected chi connectivity index (χ4v) is 5.74. The Bertz CT molecular complexity index is 1760. The van der Waals surface area contributed by atoms with E-state index >= 15 is 0 Å². The van der Waals surface area contributed by atoms with E-state index in [2.05, 4.69) is 27.2 Å². The Hall–Kier alpha value is -5.19. The van der Waals surface area contributed by atoms with E-state index in [9.17, 15) is 14.4 Å². The fourth-order valence-electron chi connectivity index (χ4n) is 5.74. The van der Waals surface area contributed by atoms with Crippen molar-refractivity contribution in [3.05, 3.63) is 91.5 Å². The second-order valence-corrected chi connectivity index (χ2v) is 12.8. The van der Waals surface area contributed by atoms with E-state index in [0.29, 0.717) is 11.7 Å². The zero-order valence-electron chi connectivity index (χ0n) is 26.1. The van der Waals surface area contributed by atoms with Crippen LogP contribution in [0, 0.1) is 11.3 Å². The van der Waals surface area contributed by atoms with Gasteiger partial charge in [-0.25, -0.2) is 9.97 Å². The summed E-state index contributed by atoms with van der Waals surface area (Å²) in [6.45, 7) is 9.55. The van der Waals surface area contributed by atoms with Crippen molar-refractivity contribution in [2.24, 2.45) is 11.3 Å². The van der Waals surface area contributed by atoms with Crippen LogP contribution in [-0.4, -0.2) is 73.3 Å². The minimum atomic E-state index is -0.956. The Balaban J connectivity index is 1.30. The van der Waals surface area contributed by atoms with Gasteiger partial charge in [-0.3, -0.25) is 19.4 Å². The van der Waals surface area contributed by atoms with Crippen LogP contribution in [0.5, 0.6) is 5.88 Å². The summed E-state index contributed by atoms with van der Waals surface area (Å²) in [7, 11) is 0. The first-order valence-electron chi connectivity index (χ1n) is 15.4. The number of para-hydroxylation sites is 1. The number of rotatable bonds is 9. The van der Waals surface area contributed by atoms with Gasteiger partial charge in [0.2, 0.25) is 17.7 Å². The molecule has 1 unspecified atom stereocenters. The van der Waals surface area contributed by atoms with Crippen LogP contribution in [0.25, 0.3) is 22.3 Å². The minimum absolute atomic E-state index is 0.0177. The number of aromatic nitrogens is 4. The summed E-state index contributed by atoms with van der Waals surface area (Å²) in [5, 5.41) is 6.66. The molecule has 2 fully saturated rings. The van der Waals surface area contributed by atoms with Crippen molar-refractivity contribution < 1.29 is 19.1 Å². The molecule has 3 heterocycles. The molecule has 0 spiro atoms. The number of amides is 3. The summed E-state index contributed by atoms with van der Waals surface area (Å²) in [6.07, 6.45) is 6.57. The minimum Gasteiger partial charge on any atom is -0.472 e. The van der Waals surface area contributed by atoms with Gasteiger partial charge in [-0.1, -0.05) is 69.3 Å². The second-order valence-electron chi connectivity index (χ2n) is 12.8. The predicted molar refractivity (Wildman–Crippen MR) is 172 cm³/mol. The third-order valence-corrected chi connectivity index (χ3v) is 8.38. The van der Waals surface area contributed by atoms with Crippen LogP contribution in [-0.2, 0) is 9.59 Å². The topological polar surface area (TPSA) is 139 Å². The quantitative estimate of drug-likeness (QED) is 0.269. The van der Waals surface area contributed by atoms with Crippen LogP contribution in [0.15, 0.2) is 85.8 Å². The molecule has 2 aromatic heterocycles. The Morgan fingerprint density at radius 3 is 2.48 bits per heavy atom. The van der Waals surface area contributed by atoms with E-state index in [4.69, 9.17) is 14.7 Å². The lowest BCUT2D eigenvalue weighted by Crippen LogP contribution is -2.58. The Morgan fingerprint density at radius 1 is 1.02 bits per heavy atom. The number of benzene rings is 2. The first kappa shape index (κ1) is 30.8. The van der Waals surface area contributed by atoms with Crippen molar-refractivity contribution in [1.82, 2.24) is 35.5 Å². The highest BCUT2D eigenvalue weighted by molar-refractivity contribution is 5.97. The van der Waals surface area contributed by atoms with Crippen LogP contribution in [0.1, 0.15) is 44.1 Å². The van der Waals surface area contributed by atoms with E-state index in [1.165, 1.54) is 23.5 Å². The van der Waals surface area contributed by atoms with Crippen molar-refractivity contribution in [2.45, 2.75) is 57.8 Å². The Kier molecular flexibility index (Phi) is 8.48. The van der Waals surface area contributed by atoms with Gasteiger partial charge in [-0.05, 0) is 29.9 Å². The van der Waals surface area contributed by atoms with Crippen LogP contribution in [0.3, 0.4) is 0 Å². The molecule has 46 heavy (non-hydrogen) atoms. The monoisotopic (exact) mass is 619 g/mol. The average Bonchev–Trinajstić information content (AvgIpc) is 3.68. The number of nitrogens with one attached hydrogen (secondary N) is 2. The van der Waals surface area contributed by atoms with Crippen molar-refractivity contribution in [3.8, 4) is 17.3 Å². The van der Waals surface area contributed by atoms with Crippen LogP contribution in [0.2, 0.25) is 0 Å². The Labute approximate surface area is 267 Å². The average molecular weight is 620 g/mol. The maximum Gasteiger partial charge on any atom is 0.272 e. The molecule has 1 aliphatic heterocycles. The maximum absolute atomic E-state index is 14.3. The normalized spacial score (nSPS) is 21.3. The van der Waals surface area contributed by atoms with Gasteiger partial charge in [-0.2, -0.15) is 4.98 Å². The van der Waals surface area contributed by atoms with Crippen LogP contribution < -0.4 is 15.4 Å². The molecule has 236 valence electrons. The van der Waals surface area contributed by atoms with Crippen LogP contribution >= 0.6 is 0 Å². The van der Waals surface area contributed by atoms with Gasteiger partial charge in [-0.15, -0.1) is 6.58 Å². The van der Waals surface area contributed by atoms with E-state index in [-0.39, 0.29) is 42.4 Å². The number of nitrogens with zero attached hydrogens (tertiary/aromatic N) is 5. The van der Waals surface area contributed by atoms with Crippen LogP contribution in [0.4, 0.5) is 0 Å². The fraction of sp³-hybridized carbons (Fsp3) is 0.343. The molecule has 2 aliphatic rings. The molecule has 0 bridgehead atoms. The summed E-state index contributed by atoms with van der Waals surface area (Å²) in [5.41, 5.74) is 0.963. The van der Waals surface area contributed by atoms with E-state index < -0.39 is 29.5 Å². The first-order chi connectivity index (χ1) is 22.1. The first-order valence-corrected chi connectivity index (χ1v) is 15.4. The van der Waals surface area contributed by atoms with E-state index in [1.54, 1.807) is 0 Å². The molecule has 2 N–H and O–H groups in total. The smallest absolute Gasteiger partial charge is 0.272 e. The lowest BCUT2D eigenvalue weighted by molar-refractivity contribution is -0.142. The summed E-state index contributed by atoms with van der Waals surface area (Å²) in [5.74, 6) is -0.0804. The number of hydrogen-bond acceptors (Lipinski definition) is 8. The number of carbonyl (C=O) groups excluding carboxylic acids is 3. The van der Waals surface area contributed by atoms with Gasteiger partial charge < -0.3 is 20.3 Å². The molecule has 6 rings (SSSR count). The van der Waals surface area contributed by atoms with Gasteiger partial charge in [0.25, 0.3) is 5.91 Å². The molecule has 11 heteroatoms. The Morgan fingerprint density at radius 2 is 1.78 bits per heavy atom. The highest BCUT2D eigenvalue weighted by Gasteiger charge is 2.47. The SMILES string of the molecule is C=C[C@@H]1C[C@@H]1NC(=O)[C@@H]1C[C@@H](Oc2nc(-c3ccccc3)nc3ccccc23)CN1C(=O)C(NC(=O)c1cnccn1)C(C)(C)C. The molecule has 11 nitrogen and oxygen atoms in total. The van der Waals surface area contributed by atoms with Gasteiger partial charge in [0, 0.05) is 30.4 Å². The summed E-state index contributed by atoms with van der Waals surface area (Å²) in [6, 6.07) is 15.4. The zero-order valence-corrected chi connectivity index (χ0v) is 26.1. The van der Waals surface area contributed by atoms with Gasteiger partial charge in [0.15, 0.2) is 5.82 Å². The van der Waals surface area contributed by atoms with Gasteiger partial charge in [0.1, 0.15) is 23.9 Å². The molecule has 1 aliphatic carbocycles. The maximum atomic E-state index is 14.3. The summed E-state index contributed by atoms with van der Waals surface area (Å²) < 4.78 is 6.54. The largest absolute Gasteiger partial charge is 0.472 e. The predicted octanol–water partition coefficient (Wildman–Crippen LogP) is 3.97. The number of likely N-dealkylation sites (tertiary alicyclic amines) is 1. The standard InChI is InChI=1S/C35H37N7O4/c1-5-21-17-26(21)39-32(44)28-18-23(20-42(28)34(45)29(35(2,3)4)40-31(43)27-19-36-15-16-37-27)46-33-24-13-9-10-14-25(24)38-30(41-33)22-11-7-6-8-12-22/h5-16,19,21,23,26,28-29H,1,17-18,20H2,2-4H3,(H,39,44)(H,40,43)/t21-,23-,26+,28+,29?/m1/s1. The van der Waals surface area contributed by atoms with E-state index in [1.807, 2.05) is 81.4 Å². The molecule has 5 atom stereocenters. The second kappa shape index (κ2) is 12.7. The molecule has 1 saturated heterocycles. The zero-order chi connectivity index (χ0) is 32.4. The third kappa shape index (κ3) is 6.58. The number of hydrogen-bond donors (Lipinski definition) is 2. The number of fused-ring (bicyclic) bond motifs is 1. The van der Waals surface area contributed by atoms with Crippen molar-refractivity contribution in [2.75, 3.05) is 6.54 Å². The lowest BCUT2D eigenvalue weighted by Gasteiger charge is -2.35. The lowest BCUT2D eigenvalue weighted by atomic mass is 9.85. The molecule has 2 aromatic carbocycles. The molecule has 1 saturated carbocycles. The molecular weight excluding hydrogens is 582 g/mol. The van der Waals surface area contributed by atoms with Gasteiger partial charge in [0.05, 0.1) is 23.6 Å². The number of ether oxygens (including phenoxy) is 1. The molecular formula is C35H37N7O4. The third-order valence-electron chi connectivity index (χ3n) is 8.38. The number of carbonyl (C=O) groups is 3. The van der Waals surface area contributed by atoms with Crippen molar-refractivity contribution in [3.63, 3.8) is 0 Å². The molecule has 3 amide bonds. The highest BCUT2D eigenvalue weighted by atomic mass is 16.5. The van der Waals surface area contributed by atoms with E-state index in [0.717, 1.165) is 22.9 Å². The molecule has 4 aromatic rings.